The van der Waals surface area contributed by atoms with Crippen LogP contribution in [0.3, 0.4) is 0 Å². The highest BCUT2D eigenvalue weighted by molar-refractivity contribution is 7.07. The minimum absolute atomic E-state index is 0.0523. The summed E-state index contributed by atoms with van der Waals surface area (Å²) in [5, 5.41) is 0. The molecule has 5 rings (SSSR count). The Balaban J connectivity index is 1.47. The molecule has 1 atom stereocenters. The molecule has 0 radical (unpaired) electrons. The lowest BCUT2D eigenvalue weighted by Gasteiger charge is -2.26. The number of carbonyl (C=O) groups excluding carboxylic acids is 2. The van der Waals surface area contributed by atoms with Crippen molar-refractivity contribution >= 4 is 29.3 Å². The van der Waals surface area contributed by atoms with Crippen LogP contribution >= 0.6 is 11.3 Å². The minimum atomic E-state index is -0.759. The van der Waals surface area contributed by atoms with E-state index in [0.717, 1.165) is 5.56 Å². The summed E-state index contributed by atoms with van der Waals surface area (Å²) in [6.07, 6.45) is 1.78. The van der Waals surface area contributed by atoms with E-state index in [1.807, 2.05) is 43.3 Å². The molecule has 0 aliphatic carbocycles. The minimum Gasteiger partial charge on any atom is -0.494 e. The number of hydrogen-bond donors (Lipinski definition) is 0. The topological polar surface area (TPSA) is 109 Å². The summed E-state index contributed by atoms with van der Waals surface area (Å²) in [5.41, 5.74) is 1.97. The van der Waals surface area contributed by atoms with Gasteiger partial charge in [0.25, 0.3) is 11.5 Å². The molecule has 220 valence electrons. The van der Waals surface area contributed by atoms with Crippen LogP contribution in [0.4, 0.5) is 0 Å². The normalized spacial score (nSPS) is 17.0. The number of benzene rings is 2. The Labute approximate surface area is 247 Å². The zero-order chi connectivity index (χ0) is 29.6. The van der Waals surface area contributed by atoms with Gasteiger partial charge in [-0.15, -0.1) is 0 Å². The van der Waals surface area contributed by atoms with Crippen LogP contribution in [0.2, 0.25) is 0 Å². The number of thiazole rings is 1. The monoisotopic (exact) mass is 591 g/mol. The number of ether oxygens (including phenoxy) is 4. The van der Waals surface area contributed by atoms with Gasteiger partial charge in [0.05, 0.1) is 42.2 Å². The SMILES string of the molecule is CCOC(=O)C1=C(C)N=c2s/c(=C/c3ccc(OCC(=O)N4CCOCC4)cc3)c(=O)n2C1c1ccccc1OCC. The van der Waals surface area contributed by atoms with E-state index in [0.29, 0.717) is 70.6 Å². The molecule has 0 spiro atoms. The number of amides is 1. The van der Waals surface area contributed by atoms with E-state index in [4.69, 9.17) is 18.9 Å². The van der Waals surface area contributed by atoms with Crippen LogP contribution in [0.25, 0.3) is 6.08 Å². The zero-order valence-corrected chi connectivity index (χ0v) is 24.6. The Kier molecular flexibility index (Phi) is 9.19. The molecule has 3 aromatic rings. The van der Waals surface area contributed by atoms with E-state index < -0.39 is 12.0 Å². The third kappa shape index (κ3) is 6.17. The number of morpholine rings is 1. The summed E-state index contributed by atoms with van der Waals surface area (Å²) < 4.78 is 24.3. The number of aromatic nitrogens is 1. The first kappa shape index (κ1) is 29.3. The predicted octanol–water partition coefficient (Wildman–Crippen LogP) is 2.43. The summed E-state index contributed by atoms with van der Waals surface area (Å²) in [6, 6.07) is 13.8. The third-order valence-electron chi connectivity index (χ3n) is 6.93. The van der Waals surface area contributed by atoms with Crippen molar-refractivity contribution in [1.82, 2.24) is 9.47 Å². The molecule has 11 heteroatoms. The van der Waals surface area contributed by atoms with Crippen molar-refractivity contribution in [3.63, 3.8) is 0 Å². The Morgan fingerprint density at radius 2 is 1.79 bits per heavy atom. The molecule has 1 amide bonds. The van der Waals surface area contributed by atoms with Crippen molar-refractivity contribution in [2.75, 3.05) is 46.1 Å². The summed E-state index contributed by atoms with van der Waals surface area (Å²) in [5.74, 6) is 0.532. The molecule has 1 fully saturated rings. The second kappa shape index (κ2) is 13.2. The van der Waals surface area contributed by atoms with E-state index in [9.17, 15) is 14.4 Å². The number of allylic oxidation sites excluding steroid dienone is 1. The molecule has 2 aromatic carbocycles. The number of rotatable bonds is 9. The van der Waals surface area contributed by atoms with Crippen molar-refractivity contribution in [2.24, 2.45) is 4.99 Å². The van der Waals surface area contributed by atoms with Gasteiger partial charge in [0, 0.05) is 18.7 Å². The van der Waals surface area contributed by atoms with Gasteiger partial charge in [-0.2, -0.15) is 0 Å². The summed E-state index contributed by atoms with van der Waals surface area (Å²) in [7, 11) is 0. The summed E-state index contributed by atoms with van der Waals surface area (Å²) >= 11 is 1.25. The molecule has 0 bridgehead atoms. The Bertz CT molecular complexity index is 1670. The first-order valence-corrected chi connectivity index (χ1v) is 14.7. The van der Waals surface area contributed by atoms with Crippen LogP contribution < -0.4 is 24.4 Å². The average molecular weight is 592 g/mol. The smallest absolute Gasteiger partial charge is 0.338 e. The lowest BCUT2D eigenvalue weighted by molar-refractivity contribution is -0.139. The number of fused-ring (bicyclic) bond motifs is 1. The molecule has 2 aliphatic rings. The van der Waals surface area contributed by atoms with Crippen LogP contribution in [0.1, 0.15) is 37.9 Å². The molecule has 0 saturated carbocycles. The lowest BCUT2D eigenvalue weighted by atomic mass is 9.95. The van der Waals surface area contributed by atoms with Gasteiger partial charge in [0.15, 0.2) is 11.4 Å². The van der Waals surface area contributed by atoms with Gasteiger partial charge >= 0.3 is 5.97 Å². The van der Waals surface area contributed by atoms with Gasteiger partial charge in [0.1, 0.15) is 17.5 Å². The molecule has 1 unspecified atom stereocenters. The number of para-hydroxylation sites is 1. The fourth-order valence-corrected chi connectivity index (χ4v) is 5.99. The Hall–Kier alpha value is -4.22. The average Bonchev–Trinajstić information content (AvgIpc) is 3.30. The second-order valence-corrected chi connectivity index (χ2v) is 10.6. The van der Waals surface area contributed by atoms with Crippen LogP contribution in [0, 0.1) is 0 Å². The molecule has 0 N–H and O–H groups in total. The molecule has 1 aromatic heterocycles. The van der Waals surface area contributed by atoms with E-state index in [1.165, 1.54) is 11.3 Å². The van der Waals surface area contributed by atoms with Crippen LogP contribution in [-0.2, 0) is 19.1 Å². The number of nitrogens with zero attached hydrogens (tertiary/aromatic N) is 3. The highest BCUT2D eigenvalue weighted by atomic mass is 32.1. The van der Waals surface area contributed by atoms with Crippen molar-refractivity contribution in [3.8, 4) is 11.5 Å². The Morgan fingerprint density at radius 1 is 1.05 bits per heavy atom. The van der Waals surface area contributed by atoms with E-state index >= 15 is 0 Å². The summed E-state index contributed by atoms with van der Waals surface area (Å²) in [6.45, 7) is 8.15. The first-order valence-electron chi connectivity index (χ1n) is 13.9. The van der Waals surface area contributed by atoms with Gasteiger partial charge in [-0.25, -0.2) is 9.79 Å². The van der Waals surface area contributed by atoms with Crippen molar-refractivity contribution in [3.05, 3.63) is 90.6 Å². The quantitative estimate of drug-likeness (QED) is 0.352. The van der Waals surface area contributed by atoms with Crippen LogP contribution in [0.5, 0.6) is 11.5 Å². The Morgan fingerprint density at radius 3 is 2.50 bits per heavy atom. The van der Waals surface area contributed by atoms with Crippen LogP contribution in [0.15, 0.2) is 69.6 Å². The first-order chi connectivity index (χ1) is 20.4. The highest BCUT2D eigenvalue weighted by Gasteiger charge is 2.35. The number of hydrogen-bond acceptors (Lipinski definition) is 9. The van der Waals surface area contributed by atoms with Crippen molar-refractivity contribution in [1.29, 1.82) is 0 Å². The molecule has 1 saturated heterocycles. The maximum atomic E-state index is 13.9. The molecule has 42 heavy (non-hydrogen) atoms. The summed E-state index contributed by atoms with van der Waals surface area (Å²) in [4.78, 5) is 46.3. The standard InChI is InChI=1S/C31H33N3O7S/c1-4-39-24-9-7-6-8-23(24)28-27(30(37)40-5-2)20(3)32-31-34(28)29(36)25(42-31)18-21-10-12-22(13-11-21)41-19-26(35)33-14-16-38-17-15-33/h6-13,18,28H,4-5,14-17,19H2,1-3H3/b25-18+. The molecule has 3 heterocycles. The maximum Gasteiger partial charge on any atom is 0.338 e. The van der Waals surface area contributed by atoms with Gasteiger partial charge in [-0.1, -0.05) is 41.7 Å². The van der Waals surface area contributed by atoms with E-state index in [2.05, 4.69) is 4.99 Å². The zero-order valence-electron chi connectivity index (χ0n) is 23.8. The molecular formula is C31H33N3O7S. The number of esters is 1. The lowest BCUT2D eigenvalue weighted by Crippen LogP contribution is -2.42. The van der Waals surface area contributed by atoms with Gasteiger partial charge in [-0.3, -0.25) is 14.2 Å². The van der Waals surface area contributed by atoms with E-state index in [-0.39, 0.29) is 24.7 Å². The predicted molar refractivity (Wildman–Crippen MR) is 157 cm³/mol. The largest absolute Gasteiger partial charge is 0.494 e. The van der Waals surface area contributed by atoms with E-state index in [1.54, 1.807) is 41.5 Å². The molecular weight excluding hydrogens is 558 g/mol. The number of carbonyl (C=O) groups is 2. The highest BCUT2D eigenvalue weighted by Crippen LogP contribution is 2.35. The third-order valence-corrected chi connectivity index (χ3v) is 7.92. The molecule has 2 aliphatic heterocycles. The van der Waals surface area contributed by atoms with Gasteiger partial charge in [0.2, 0.25) is 0 Å². The molecule has 10 nitrogen and oxygen atoms in total. The fraction of sp³-hybridized carbons (Fsp3) is 0.355. The van der Waals surface area contributed by atoms with Gasteiger partial charge in [-0.05, 0) is 50.6 Å². The second-order valence-electron chi connectivity index (χ2n) is 9.62. The van der Waals surface area contributed by atoms with Crippen molar-refractivity contribution < 1.29 is 28.5 Å². The maximum absolute atomic E-state index is 13.9. The fourth-order valence-electron chi connectivity index (χ4n) is 4.94. The van der Waals surface area contributed by atoms with Crippen LogP contribution in [-0.4, -0.2) is 67.5 Å². The van der Waals surface area contributed by atoms with Gasteiger partial charge < -0.3 is 23.8 Å². The van der Waals surface area contributed by atoms with Crippen molar-refractivity contribution in [2.45, 2.75) is 26.8 Å².